The summed E-state index contributed by atoms with van der Waals surface area (Å²) < 4.78 is 3.91. The Hall–Kier alpha value is -1.53. The van der Waals surface area contributed by atoms with E-state index in [0.29, 0.717) is 3.63 Å². The van der Waals surface area contributed by atoms with Crippen LogP contribution in [0.25, 0.3) is 11.1 Å². The van der Waals surface area contributed by atoms with Gasteiger partial charge >= 0.3 is 227 Å². The average Bonchev–Trinajstić information content (AvgIpc) is 3.45. The Morgan fingerprint density at radius 3 is 1.66 bits per heavy atom. The van der Waals surface area contributed by atoms with Crippen LogP contribution in [0.4, 0.5) is 0 Å². The van der Waals surface area contributed by atoms with E-state index in [9.17, 15) is 0 Å². The number of allylic oxidation sites excluding steroid dienone is 4. The van der Waals surface area contributed by atoms with Crippen LogP contribution < -0.4 is 24.8 Å². The maximum atomic E-state index is 2.52. The second-order valence-electron chi connectivity index (χ2n) is 12.8. The van der Waals surface area contributed by atoms with Crippen molar-refractivity contribution in [1.29, 1.82) is 0 Å². The first kappa shape index (κ1) is 31.0. The van der Waals surface area contributed by atoms with Gasteiger partial charge in [0.1, 0.15) is 0 Å². The van der Waals surface area contributed by atoms with Crippen molar-refractivity contribution in [3.8, 4) is 11.1 Å². The molecule has 2 aliphatic carbocycles. The van der Waals surface area contributed by atoms with E-state index in [-0.39, 0.29) is 35.6 Å². The first-order valence-electron chi connectivity index (χ1n) is 13.4. The molecule has 0 spiro atoms. The molecule has 38 heavy (non-hydrogen) atoms. The molecule has 2 aliphatic rings. The van der Waals surface area contributed by atoms with Gasteiger partial charge in [-0.1, -0.05) is 0 Å². The summed E-state index contributed by atoms with van der Waals surface area (Å²) in [5.74, 6) is 0. The second-order valence-corrected chi connectivity index (χ2v) is 19.6. The molecule has 198 valence electrons. The van der Waals surface area contributed by atoms with E-state index in [4.69, 9.17) is 0 Å². The molecule has 3 aromatic rings. The van der Waals surface area contributed by atoms with Gasteiger partial charge in [0.05, 0.1) is 0 Å². The predicted octanol–water partition coefficient (Wildman–Crippen LogP) is 3.37. The third-order valence-electron chi connectivity index (χ3n) is 8.05. The fourth-order valence-electron chi connectivity index (χ4n) is 5.74. The van der Waals surface area contributed by atoms with Crippen LogP contribution in [0.3, 0.4) is 0 Å². The van der Waals surface area contributed by atoms with Gasteiger partial charge in [0.2, 0.25) is 0 Å². The van der Waals surface area contributed by atoms with Crippen LogP contribution >= 0.6 is 0 Å². The van der Waals surface area contributed by atoms with Crippen LogP contribution in [0.2, 0.25) is 0 Å². The van der Waals surface area contributed by atoms with Crippen LogP contribution in [0, 0.1) is 6.92 Å². The van der Waals surface area contributed by atoms with Crippen molar-refractivity contribution in [2.75, 3.05) is 0 Å². The standard InChI is InChI=1S/C21H25.C9H10.C5H5.2ClH.Zr/c1-20(2,3)16-9-7-14-11-15-8-10-17(21(4,5)6)13-19(15)18(14)12-16;1-3-9-6-4-8(2)5-7-9;1-2-4-5-3-1;;;/h7-13H,1-6H3;4-7H,1-2H3;1-3H,4H2;2*1H;/q;;;;;+2/p-2. The van der Waals surface area contributed by atoms with Crippen molar-refractivity contribution in [1.82, 2.24) is 0 Å². The van der Waals surface area contributed by atoms with Crippen LogP contribution in [-0.4, -0.2) is 3.21 Å². The molecule has 0 unspecified atom stereocenters. The molecule has 0 nitrogen and oxygen atoms in total. The molecular formula is C35H40Cl2Zr. The van der Waals surface area contributed by atoms with Crippen molar-refractivity contribution in [2.24, 2.45) is 0 Å². The molecule has 0 saturated carbocycles. The number of rotatable bonds is 3. The van der Waals surface area contributed by atoms with Gasteiger partial charge in [0.25, 0.3) is 0 Å². The van der Waals surface area contributed by atoms with Crippen molar-refractivity contribution in [3.63, 3.8) is 0 Å². The monoisotopic (exact) mass is 620 g/mol. The summed E-state index contributed by atoms with van der Waals surface area (Å²) in [5, 5.41) is 0. The Labute approximate surface area is 250 Å². The molecular weight excluding hydrogens is 583 g/mol. The molecule has 0 heterocycles. The van der Waals surface area contributed by atoms with E-state index in [1.54, 1.807) is 17.6 Å². The Balaban J connectivity index is 0.00000200. The number of benzene rings is 3. The first-order chi connectivity index (χ1) is 16.9. The normalized spacial score (nSPS) is 14.7. The Bertz CT molecular complexity index is 1360. The summed E-state index contributed by atoms with van der Waals surface area (Å²) in [5.41, 5.74) is 12.0. The molecule has 0 bridgehead atoms. The maximum absolute atomic E-state index is 2.52. The molecule has 0 radical (unpaired) electrons. The summed E-state index contributed by atoms with van der Waals surface area (Å²) in [7, 11) is 0. The van der Waals surface area contributed by atoms with E-state index < -0.39 is 21.3 Å². The Morgan fingerprint density at radius 2 is 1.24 bits per heavy atom. The summed E-state index contributed by atoms with van der Waals surface area (Å²) >= 11 is -2.33. The third kappa shape index (κ3) is 5.82. The Morgan fingerprint density at radius 1 is 0.737 bits per heavy atom. The van der Waals surface area contributed by atoms with E-state index >= 15 is 0 Å². The van der Waals surface area contributed by atoms with Crippen LogP contribution in [0.1, 0.15) is 91.9 Å². The van der Waals surface area contributed by atoms with Gasteiger partial charge in [-0.2, -0.15) is 0 Å². The second kappa shape index (κ2) is 11.5. The van der Waals surface area contributed by atoms with Crippen LogP contribution in [-0.2, 0) is 32.1 Å². The van der Waals surface area contributed by atoms with Gasteiger partial charge in [-0.3, -0.25) is 0 Å². The third-order valence-corrected chi connectivity index (χ3v) is 16.3. The molecule has 0 amide bonds. The average molecular weight is 623 g/mol. The minimum absolute atomic E-state index is 0. The Kier molecular flexibility index (Phi) is 9.41. The van der Waals surface area contributed by atoms with E-state index in [2.05, 4.69) is 134 Å². The zero-order valence-electron chi connectivity index (χ0n) is 24.0. The topological polar surface area (TPSA) is 0 Å². The first-order valence-corrected chi connectivity index (χ1v) is 17.3. The predicted molar refractivity (Wildman–Crippen MR) is 154 cm³/mol. The molecule has 5 rings (SSSR count). The molecule has 0 N–H and O–H groups in total. The minimum atomic E-state index is -2.33. The fraction of sp³-hybridized carbons (Fsp3) is 0.343. The molecule has 3 heteroatoms. The maximum Gasteiger partial charge on any atom is -1.00 e. The fourth-order valence-corrected chi connectivity index (χ4v) is 14.4. The van der Waals surface area contributed by atoms with Gasteiger partial charge < -0.3 is 24.8 Å². The van der Waals surface area contributed by atoms with Crippen LogP contribution in [0.5, 0.6) is 0 Å². The molecule has 0 saturated heterocycles. The van der Waals surface area contributed by atoms with E-state index in [1.165, 1.54) is 33.4 Å². The molecule has 0 atom stereocenters. The molecule has 0 aromatic heterocycles. The van der Waals surface area contributed by atoms with Crippen molar-refractivity contribution in [2.45, 2.75) is 76.3 Å². The van der Waals surface area contributed by atoms with Crippen molar-refractivity contribution in [3.05, 3.63) is 116 Å². The molecule has 0 fully saturated rings. The largest absolute Gasteiger partial charge is 1.00 e. The number of halogens is 2. The van der Waals surface area contributed by atoms with Crippen LogP contribution in [0.15, 0.2) is 82.2 Å². The molecule has 0 aliphatic heterocycles. The summed E-state index contributed by atoms with van der Waals surface area (Å²) in [6.45, 7) is 18.6. The van der Waals surface area contributed by atoms with Gasteiger partial charge in [0.15, 0.2) is 0 Å². The molecule has 3 aromatic carbocycles. The number of fused-ring (bicyclic) bond motifs is 3. The van der Waals surface area contributed by atoms with Gasteiger partial charge in [0, 0.05) is 0 Å². The van der Waals surface area contributed by atoms with Gasteiger partial charge in [-0.25, -0.2) is 0 Å². The van der Waals surface area contributed by atoms with Crippen molar-refractivity contribution >= 4 is 3.21 Å². The quantitative estimate of drug-likeness (QED) is 0.421. The number of hydrogen-bond donors (Lipinski definition) is 0. The minimum Gasteiger partial charge on any atom is -1.00 e. The summed E-state index contributed by atoms with van der Waals surface area (Å²) in [4.78, 5) is 0. The van der Waals surface area contributed by atoms with Gasteiger partial charge in [-0.15, -0.1) is 0 Å². The smallest absolute Gasteiger partial charge is 1.00 e. The number of aryl methyl sites for hydroxylation is 1. The SMILES string of the molecule is C/[C](c1ccc(C)cc1)=[Zr+2](/[C]1=CC=CC1)[CH]1c2ccc(C(C)(C)C)cc2-c2cc(C(C)(C)C)ccc21.[Cl-].[Cl-]. The van der Waals surface area contributed by atoms with Gasteiger partial charge in [-0.05, 0) is 0 Å². The summed E-state index contributed by atoms with van der Waals surface area (Å²) in [6, 6.07) is 24.1. The summed E-state index contributed by atoms with van der Waals surface area (Å²) in [6.07, 6.45) is 8.23. The zero-order valence-corrected chi connectivity index (χ0v) is 28.0. The van der Waals surface area contributed by atoms with E-state index in [1.807, 2.05) is 0 Å². The zero-order chi connectivity index (χ0) is 25.8. The van der Waals surface area contributed by atoms with Crippen molar-refractivity contribution < 1.29 is 46.1 Å². The number of hydrogen-bond acceptors (Lipinski definition) is 0. The van der Waals surface area contributed by atoms with E-state index in [0.717, 1.165) is 6.42 Å².